The molecule has 0 fully saturated rings. The third-order valence-electron chi connectivity index (χ3n) is 3.15. The van der Waals surface area contributed by atoms with E-state index in [1.807, 2.05) is 6.20 Å². The van der Waals surface area contributed by atoms with Gasteiger partial charge in [-0.2, -0.15) is 0 Å². The summed E-state index contributed by atoms with van der Waals surface area (Å²) in [4.78, 5) is 3.28. The highest BCUT2D eigenvalue weighted by Gasteiger charge is 2.07. The number of H-pyrrole nitrogens is 1. The maximum Gasteiger partial charge on any atom is 0.205 e. The monoisotopic (exact) mass is 286 g/mol. The summed E-state index contributed by atoms with van der Waals surface area (Å²) in [6, 6.07) is 8.41. The van der Waals surface area contributed by atoms with Gasteiger partial charge in [0.05, 0.1) is 5.52 Å². The van der Waals surface area contributed by atoms with Gasteiger partial charge >= 0.3 is 0 Å². The highest BCUT2D eigenvalue weighted by atomic mass is 32.1. The summed E-state index contributed by atoms with van der Waals surface area (Å²) in [7, 11) is 0. The van der Waals surface area contributed by atoms with Gasteiger partial charge in [0.1, 0.15) is 5.01 Å². The van der Waals surface area contributed by atoms with Crippen LogP contribution in [0.5, 0.6) is 0 Å². The largest absolute Gasteiger partial charge is 0.361 e. The zero-order valence-corrected chi connectivity index (χ0v) is 12.5. The van der Waals surface area contributed by atoms with E-state index in [1.165, 1.54) is 16.5 Å². The highest BCUT2D eigenvalue weighted by Crippen LogP contribution is 2.21. The van der Waals surface area contributed by atoms with Crippen LogP contribution in [-0.4, -0.2) is 15.2 Å². The number of anilines is 1. The van der Waals surface area contributed by atoms with Gasteiger partial charge in [-0.3, -0.25) is 0 Å². The Morgan fingerprint density at radius 1 is 1.25 bits per heavy atom. The Morgan fingerprint density at radius 3 is 3.00 bits per heavy atom. The number of nitrogens with one attached hydrogen (secondary N) is 2. The molecule has 1 aromatic carbocycles. The van der Waals surface area contributed by atoms with Crippen molar-refractivity contribution >= 4 is 27.4 Å². The maximum absolute atomic E-state index is 4.22. The van der Waals surface area contributed by atoms with Crippen molar-refractivity contribution in [1.29, 1.82) is 0 Å². The summed E-state index contributed by atoms with van der Waals surface area (Å²) in [6.07, 6.45) is 2.96. The first-order valence-corrected chi connectivity index (χ1v) is 7.65. The molecule has 0 aliphatic heterocycles. The van der Waals surface area contributed by atoms with Gasteiger partial charge in [0.15, 0.2) is 0 Å². The molecule has 2 heterocycles. The number of nitrogens with zero attached hydrogens (tertiary/aromatic N) is 2. The molecule has 4 nitrogen and oxygen atoms in total. The molecule has 2 aromatic heterocycles. The summed E-state index contributed by atoms with van der Waals surface area (Å²) in [5.74, 6) is 0.614. The average Bonchev–Trinajstić information content (AvgIpc) is 3.04. The number of fused-ring (bicyclic) bond motifs is 1. The first kappa shape index (κ1) is 13.1. The second-order valence-corrected chi connectivity index (χ2v) is 6.37. The lowest BCUT2D eigenvalue weighted by Gasteiger charge is -2.04. The topological polar surface area (TPSA) is 53.6 Å². The van der Waals surface area contributed by atoms with Crippen LogP contribution < -0.4 is 5.32 Å². The van der Waals surface area contributed by atoms with E-state index in [2.05, 4.69) is 58.6 Å². The predicted octanol–water partition coefficient (Wildman–Crippen LogP) is 3.83. The standard InChI is InChI=1S/C15H18N4S/c1-10(2)8-13-18-19-15(20-13)17-9-12-5-3-4-11-6-7-16-14(11)12/h3-7,10,16H,8-9H2,1-2H3,(H,17,19). The summed E-state index contributed by atoms with van der Waals surface area (Å²) in [5, 5.41) is 15.0. The third kappa shape index (κ3) is 2.82. The van der Waals surface area contributed by atoms with Crippen LogP contribution in [0.2, 0.25) is 0 Å². The Morgan fingerprint density at radius 2 is 2.15 bits per heavy atom. The molecule has 20 heavy (non-hydrogen) atoms. The summed E-state index contributed by atoms with van der Waals surface area (Å²) in [6.45, 7) is 5.15. The molecule has 0 radical (unpaired) electrons. The molecule has 3 aromatic rings. The highest BCUT2D eigenvalue weighted by molar-refractivity contribution is 7.15. The van der Waals surface area contributed by atoms with E-state index in [4.69, 9.17) is 0 Å². The molecule has 0 bridgehead atoms. The van der Waals surface area contributed by atoms with Crippen LogP contribution >= 0.6 is 11.3 Å². The van der Waals surface area contributed by atoms with E-state index in [9.17, 15) is 0 Å². The van der Waals surface area contributed by atoms with Gasteiger partial charge in [-0.25, -0.2) is 0 Å². The lowest BCUT2D eigenvalue weighted by molar-refractivity contribution is 0.640. The van der Waals surface area contributed by atoms with Crippen molar-refractivity contribution in [2.45, 2.75) is 26.8 Å². The lowest BCUT2D eigenvalue weighted by atomic mass is 10.1. The third-order valence-corrected chi connectivity index (χ3v) is 4.06. The van der Waals surface area contributed by atoms with Gasteiger partial charge in [-0.1, -0.05) is 43.4 Å². The van der Waals surface area contributed by atoms with Crippen LogP contribution in [0, 0.1) is 5.92 Å². The van der Waals surface area contributed by atoms with Crippen molar-refractivity contribution < 1.29 is 0 Å². The molecule has 0 amide bonds. The first-order valence-electron chi connectivity index (χ1n) is 6.83. The van der Waals surface area contributed by atoms with E-state index in [-0.39, 0.29) is 0 Å². The summed E-state index contributed by atoms with van der Waals surface area (Å²) >= 11 is 1.64. The molecular weight excluding hydrogens is 268 g/mol. The van der Waals surface area contributed by atoms with E-state index < -0.39 is 0 Å². The molecular formula is C15H18N4S. The smallest absolute Gasteiger partial charge is 0.205 e. The Bertz CT molecular complexity index is 699. The zero-order valence-electron chi connectivity index (χ0n) is 11.7. The van der Waals surface area contributed by atoms with E-state index in [1.54, 1.807) is 11.3 Å². The van der Waals surface area contributed by atoms with Crippen molar-refractivity contribution in [2.24, 2.45) is 5.92 Å². The molecule has 3 rings (SSSR count). The predicted molar refractivity (Wildman–Crippen MR) is 84.1 cm³/mol. The van der Waals surface area contributed by atoms with E-state index in [0.717, 1.165) is 23.1 Å². The fourth-order valence-corrected chi connectivity index (χ4v) is 3.17. The fraction of sp³-hybridized carbons (Fsp3) is 0.333. The normalized spacial score (nSPS) is 11.3. The molecule has 2 N–H and O–H groups in total. The van der Waals surface area contributed by atoms with Gasteiger partial charge in [0.2, 0.25) is 5.13 Å². The van der Waals surface area contributed by atoms with Crippen LogP contribution in [0.1, 0.15) is 24.4 Å². The summed E-state index contributed by atoms with van der Waals surface area (Å²) < 4.78 is 0. The van der Waals surface area contributed by atoms with Gasteiger partial charge in [0.25, 0.3) is 0 Å². The summed E-state index contributed by atoms with van der Waals surface area (Å²) in [5.41, 5.74) is 2.43. The Hall–Kier alpha value is -1.88. The molecule has 5 heteroatoms. The minimum Gasteiger partial charge on any atom is -0.361 e. The molecule has 0 saturated carbocycles. The van der Waals surface area contributed by atoms with Crippen molar-refractivity contribution in [1.82, 2.24) is 15.2 Å². The minimum absolute atomic E-state index is 0.614. The number of benzene rings is 1. The van der Waals surface area contributed by atoms with Crippen LogP contribution in [0.15, 0.2) is 30.5 Å². The van der Waals surface area contributed by atoms with Crippen LogP contribution in [0.25, 0.3) is 10.9 Å². The van der Waals surface area contributed by atoms with Gasteiger partial charge in [-0.05, 0) is 22.9 Å². The van der Waals surface area contributed by atoms with Crippen molar-refractivity contribution in [2.75, 3.05) is 5.32 Å². The van der Waals surface area contributed by atoms with Crippen LogP contribution in [0.3, 0.4) is 0 Å². The molecule has 0 atom stereocenters. The Kier molecular flexibility index (Phi) is 3.69. The molecule has 0 spiro atoms. The zero-order chi connectivity index (χ0) is 13.9. The van der Waals surface area contributed by atoms with E-state index in [0.29, 0.717) is 5.92 Å². The van der Waals surface area contributed by atoms with Crippen molar-refractivity contribution in [3.63, 3.8) is 0 Å². The lowest BCUT2D eigenvalue weighted by Crippen LogP contribution is -1.99. The molecule has 0 saturated heterocycles. The number of para-hydroxylation sites is 1. The van der Waals surface area contributed by atoms with Gasteiger partial charge < -0.3 is 10.3 Å². The first-order chi connectivity index (χ1) is 9.72. The number of hydrogen-bond donors (Lipinski definition) is 2. The van der Waals surface area contributed by atoms with Gasteiger partial charge in [-0.15, -0.1) is 10.2 Å². The fourth-order valence-electron chi connectivity index (χ4n) is 2.22. The van der Waals surface area contributed by atoms with Gasteiger partial charge in [0, 0.05) is 19.2 Å². The van der Waals surface area contributed by atoms with E-state index >= 15 is 0 Å². The second-order valence-electron chi connectivity index (χ2n) is 5.31. The number of rotatable bonds is 5. The van der Waals surface area contributed by atoms with Crippen molar-refractivity contribution in [3.8, 4) is 0 Å². The Labute approximate surface area is 122 Å². The maximum atomic E-state index is 4.22. The second kappa shape index (κ2) is 5.63. The molecule has 104 valence electrons. The number of aromatic amines is 1. The number of aromatic nitrogens is 3. The average molecular weight is 286 g/mol. The molecule has 0 unspecified atom stereocenters. The van der Waals surface area contributed by atoms with Crippen LogP contribution in [0.4, 0.5) is 5.13 Å². The molecule has 0 aliphatic carbocycles. The van der Waals surface area contributed by atoms with Crippen molar-refractivity contribution in [3.05, 3.63) is 41.0 Å². The SMILES string of the molecule is CC(C)Cc1nnc(NCc2cccc3cc[nH]c23)s1. The Balaban J connectivity index is 1.70. The minimum atomic E-state index is 0.614. The quantitative estimate of drug-likeness (QED) is 0.749. The van der Waals surface area contributed by atoms with Crippen LogP contribution in [-0.2, 0) is 13.0 Å². The number of hydrogen-bond acceptors (Lipinski definition) is 4. The molecule has 0 aliphatic rings.